The van der Waals surface area contributed by atoms with E-state index in [-0.39, 0.29) is 0 Å². The molecule has 19 heavy (non-hydrogen) atoms. The number of hydrogen-bond donors (Lipinski definition) is 0. The molecule has 0 spiro atoms. The summed E-state index contributed by atoms with van der Waals surface area (Å²) in [5.74, 6) is 0. The van der Waals surface area contributed by atoms with Gasteiger partial charge in [0.2, 0.25) is 0 Å². The molecule has 4 heteroatoms. The van der Waals surface area contributed by atoms with Gasteiger partial charge in [-0.05, 0) is 17.7 Å². The number of benzene rings is 2. The Morgan fingerprint density at radius 2 is 1.84 bits per heavy atom. The molecule has 0 aliphatic rings. The average molecular weight is 270 g/mol. The second kappa shape index (κ2) is 5.24. The second-order valence-electron chi connectivity index (χ2n) is 4.30. The first-order chi connectivity index (χ1) is 9.31. The molecule has 0 fully saturated rings. The Bertz CT molecular complexity index is 677. The Balaban J connectivity index is 1.84. The molecule has 0 radical (unpaired) electrons. The molecule has 3 nitrogen and oxygen atoms in total. The molecule has 3 rings (SSSR count). The van der Waals surface area contributed by atoms with Crippen molar-refractivity contribution in [3.63, 3.8) is 0 Å². The van der Waals surface area contributed by atoms with E-state index >= 15 is 0 Å². The third-order valence-corrected chi connectivity index (χ3v) is 3.08. The van der Waals surface area contributed by atoms with Crippen LogP contribution in [0.4, 0.5) is 0 Å². The van der Waals surface area contributed by atoms with Gasteiger partial charge in [-0.3, -0.25) is 0 Å². The van der Waals surface area contributed by atoms with Crippen molar-refractivity contribution in [3.05, 3.63) is 71.4 Å². The summed E-state index contributed by atoms with van der Waals surface area (Å²) in [5.41, 5.74) is 3.01. The standard InChI is InChI=1S/C15H12ClN3/c16-14-8-4-7-13(9-14)15-11-19(18-17-15)10-12-5-2-1-3-6-12/h1-9,11H,10H2. The predicted molar refractivity (Wildman–Crippen MR) is 76.0 cm³/mol. The Hall–Kier alpha value is -2.13. The van der Waals surface area contributed by atoms with Gasteiger partial charge in [0, 0.05) is 10.6 Å². The maximum Gasteiger partial charge on any atom is 0.113 e. The fourth-order valence-corrected chi connectivity index (χ4v) is 2.12. The molecule has 3 aromatic rings. The molecule has 0 unspecified atom stereocenters. The second-order valence-corrected chi connectivity index (χ2v) is 4.73. The third-order valence-electron chi connectivity index (χ3n) is 2.85. The van der Waals surface area contributed by atoms with Crippen LogP contribution in [0.15, 0.2) is 60.8 Å². The van der Waals surface area contributed by atoms with E-state index in [2.05, 4.69) is 22.4 Å². The number of aromatic nitrogens is 3. The van der Waals surface area contributed by atoms with Crippen LogP contribution in [0, 0.1) is 0 Å². The highest BCUT2D eigenvalue weighted by Crippen LogP contribution is 2.20. The van der Waals surface area contributed by atoms with Gasteiger partial charge in [-0.1, -0.05) is 59.3 Å². The van der Waals surface area contributed by atoms with Gasteiger partial charge in [0.1, 0.15) is 5.69 Å². The van der Waals surface area contributed by atoms with Gasteiger partial charge in [-0.25, -0.2) is 4.68 Å². The molecule has 0 saturated carbocycles. The summed E-state index contributed by atoms with van der Waals surface area (Å²) in [6.07, 6.45) is 1.93. The molecule has 2 aromatic carbocycles. The van der Waals surface area contributed by atoms with Crippen molar-refractivity contribution in [1.82, 2.24) is 15.0 Å². The lowest BCUT2D eigenvalue weighted by molar-refractivity contribution is 0.650. The Labute approximate surface area is 116 Å². The fraction of sp³-hybridized carbons (Fsp3) is 0.0667. The summed E-state index contributed by atoms with van der Waals surface area (Å²) in [6.45, 7) is 0.717. The topological polar surface area (TPSA) is 30.7 Å². The Kier molecular flexibility index (Phi) is 3.29. The van der Waals surface area contributed by atoms with E-state index in [1.54, 1.807) is 0 Å². The van der Waals surface area contributed by atoms with E-state index in [0.717, 1.165) is 11.3 Å². The maximum atomic E-state index is 5.98. The highest BCUT2D eigenvalue weighted by Gasteiger charge is 2.04. The predicted octanol–water partition coefficient (Wildman–Crippen LogP) is 3.65. The molecule has 0 N–H and O–H groups in total. The molecule has 94 valence electrons. The number of hydrogen-bond acceptors (Lipinski definition) is 2. The van der Waals surface area contributed by atoms with E-state index in [9.17, 15) is 0 Å². The van der Waals surface area contributed by atoms with Crippen LogP contribution in [0.2, 0.25) is 5.02 Å². The molecule has 0 atom stereocenters. The zero-order valence-electron chi connectivity index (χ0n) is 10.2. The first-order valence-corrected chi connectivity index (χ1v) is 6.39. The van der Waals surface area contributed by atoms with Gasteiger partial charge in [0.05, 0.1) is 12.7 Å². The van der Waals surface area contributed by atoms with Crippen LogP contribution >= 0.6 is 11.6 Å². The first-order valence-electron chi connectivity index (χ1n) is 6.01. The fourth-order valence-electron chi connectivity index (χ4n) is 1.93. The van der Waals surface area contributed by atoms with Crippen molar-refractivity contribution in [3.8, 4) is 11.3 Å². The third kappa shape index (κ3) is 2.83. The van der Waals surface area contributed by atoms with E-state index in [4.69, 9.17) is 11.6 Å². The largest absolute Gasteiger partial charge is 0.247 e. The van der Waals surface area contributed by atoms with Gasteiger partial charge >= 0.3 is 0 Å². The van der Waals surface area contributed by atoms with Gasteiger partial charge in [0.15, 0.2) is 0 Å². The monoisotopic (exact) mass is 269 g/mol. The zero-order valence-corrected chi connectivity index (χ0v) is 11.0. The molecular formula is C15H12ClN3. The Morgan fingerprint density at radius 3 is 2.63 bits per heavy atom. The van der Waals surface area contributed by atoms with Crippen LogP contribution in [0.3, 0.4) is 0 Å². The molecule has 0 saturated heterocycles. The maximum absolute atomic E-state index is 5.98. The van der Waals surface area contributed by atoms with Gasteiger partial charge in [0.25, 0.3) is 0 Å². The summed E-state index contributed by atoms with van der Waals surface area (Å²) in [7, 11) is 0. The molecule has 0 aliphatic carbocycles. The van der Waals surface area contributed by atoms with E-state index in [0.29, 0.717) is 11.6 Å². The SMILES string of the molecule is Clc1cccc(-c2cn(Cc3ccccc3)nn2)c1. The summed E-state index contributed by atoms with van der Waals surface area (Å²) in [5, 5.41) is 9.02. The average Bonchev–Trinajstić information content (AvgIpc) is 2.88. The van der Waals surface area contributed by atoms with Gasteiger partial charge < -0.3 is 0 Å². The molecule has 0 bridgehead atoms. The summed E-state index contributed by atoms with van der Waals surface area (Å²) in [4.78, 5) is 0. The molecule has 1 aromatic heterocycles. The van der Waals surface area contributed by atoms with Crippen molar-refractivity contribution in [2.24, 2.45) is 0 Å². The van der Waals surface area contributed by atoms with Crippen molar-refractivity contribution >= 4 is 11.6 Å². The molecular weight excluding hydrogens is 258 g/mol. The highest BCUT2D eigenvalue weighted by atomic mass is 35.5. The van der Waals surface area contributed by atoms with E-state index < -0.39 is 0 Å². The number of rotatable bonds is 3. The smallest absolute Gasteiger partial charge is 0.113 e. The lowest BCUT2D eigenvalue weighted by Crippen LogP contribution is -1.99. The van der Waals surface area contributed by atoms with Crippen LogP contribution in [0.1, 0.15) is 5.56 Å². The summed E-state index contributed by atoms with van der Waals surface area (Å²) < 4.78 is 1.82. The highest BCUT2D eigenvalue weighted by molar-refractivity contribution is 6.30. The van der Waals surface area contributed by atoms with E-state index in [1.165, 1.54) is 5.56 Å². The van der Waals surface area contributed by atoms with Gasteiger partial charge in [-0.2, -0.15) is 0 Å². The van der Waals surface area contributed by atoms with Crippen LogP contribution in [0.5, 0.6) is 0 Å². The lowest BCUT2D eigenvalue weighted by atomic mass is 10.2. The first kappa shape index (κ1) is 11.9. The van der Waals surface area contributed by atoms with E-state index in [1.807, 2.05) is 53.3 Å². The van der Waals surface area contributed by atoms with Crippen molar-refractivity contribution in [1.29, 1.82) is 0 Å². The molecule has 1 heterocycles. The number of halogens is 1. The summed E-state index contributed by atoms with van der Waals surface area (Å²) in [6, 6.07) is 17.8. The Morgan fingerprint density at radius 1 is 1.00 bits per heavy atom. The lowest BCUT2D eigenvalue weighted by Gasteiger charge is -1.99. The zero-order chi connectivity index (χ0) is 13.1. The minimum atomic E-state index is 0.704. The summed E-state index contributed by atoms with van der Waals surface area (Å²) >= 11 is 5.98. The molecule has 0 aliphatic heterocycles. The van der Waals surface area contributed by atoms with Crippen LogP contribution in [-0.2, 0) is 6.54 Å². The van der Waals surface area contributed by atoms with Crippen molar-refractivity contribution < 1.29 is 0 Å². The minimum Gasteiger partial charge on any atom is -0.247 e. The quantitative estimate of drug-likeness (QED) is 0.727. The minimum absolute atomic E-state index is 0.704. The number of nitrogens with zero attached hydrogens (tertiary/aromatic N) is 3. The van der Waals surface area contributed by atoms with Gasteiger partial charge in [-0.15, -0.1) is 5.10 Å². The van der Waals surface area contributed by atoms with Crippen LogP contribution < -0.4 is 0 Å². The van der Waals surface area contributed by atoms with Crippen molar-refractivity contribution in [2.45, 2.75) is 6.54 Å². The van der Waals surface area contributed by atoms with Crippen LogP contribution in [0.25, 0.3) is 11.3 Å². The van der Waals surface area contributed by atoms with Crippen LogP contribution in [-0.4, -0.2) is 15.0 Å². The molecule has 0 amide bonds. The van der Waals surface area contributed by atoms with Crippen molar-refractivity contribution in [2.75, 3.05) is 0 Å². The normalized spacial score (nSPS) is 10.6.